The largest absolute Gasteiger partial charge is 0.423 e. The van der Waals surface area contributed by atoms with Crippen molar-refractivity contribution in [1.29, 1.82) is 0 Å². The maximum atomic E-state index is 13.4. The lowest BCUT2D eigenvalue weighted by Gasteiger charge is -2.35. The van der Waals surface area contributed by atoms with Crippen molar-refractivity contribution in [1.82, 2.24) is 9.88 Å². The van der Waals surface area contributed by atoms with Crippen LogP contribution in [0.25, 0.3) is 11.1 Å². The lowest BCUT2D eigenvalue weighted by molar-refractivity contribution is -0.0885. The molecule has 0 aliphatic carbocycles. The van der Waals surface area contributed by atoms with Crippen LogP contribution in [-0.2, 0) is 0 Å². The molecular formula is C24H20F4N4O2. The van der Waals surface area contributed by atoms with Crippen molar-refractivity contribution < 1.29 is 26.8 Å². The topological polar surface area (TPSA) is 52.8 Å². The van der Waals surface area contributed by atoms with E-state index in [-0.39, 0.29) is 12.5 Å². The van der Waals surface area contributed by atoms with Gasteiger partial charge in [-0.3, -0.25) is 4.79 Å². The molecule has 6 nitrogen and oxygen atoms in total. The van der Waals surface area contributed by atoms with E-state index in [1.165, 1.54) is 23.1 Å². The highest BCUT2D eigenvalue weighted by atomic mass is 19.4. The molecule has 2 aromatic carbocycles. The van der Waals surface area contributed by atoms with Crippen LogP contribution in [0.2, 0.25) is 0 Å². The van der Waals surface area contributed by atoms with Crippen LogP contribution in [0, 0.1) is 5.82 Å². The highest BCUT2D eigenvalue weighted by Crippen LogP contribution is 2.32. The molecule has 3 heterocycles. The number of carbonyl (C=O) groups excluding carboxylic acids is 1. The number of nitrogens with zero attached hydrogens (tertiary/aromatic N) is 4. The van der Waals surface area contributed by atoms with Gasteiger partial charge in [-0.05, 0) is 24.3 Å². The molecule has 34 heavy (non-hydrogen) atoms. The zero-order valence-electron chi connectivity index (χ0n) is 17.9. The molecule has 2 aliphatic rings. The number of hydrogen-bond acceptors (Lipinski definition) is 5. The first-order valence-corrected chi connectivity index (χ1v) is 10.7. The highest BCUT2D eigenvalue weighted by Gasteiger charge is 2.34. The second-order valence-electron chi connectivity index (χ2n) is 8.04. The van der Waals surface area contributed by atoms with E-state index in [9.17, 15) is 22.4 Å². The molecule has 0 atom stereocenters. The summed E-state index contributed by atoms with van der Waals surface area (Å²) < 4.78 is 58.7. The fourth-order valence-electron chi connectivity index (χ4n) is 4.09. The van der Waals surface area contributed by atoms with Gasteiger partial charge in [-0.25, -0.2) is 4.39 Å². The molecule has 1 fully saturated rings. The van der Waals surface area contributed by atoms with Crippen LogP contribution in [0.3, 0.4) is 0 Å². The molecule has 0 bridgehead atoms. The van der Waals surface area contributed by atoms with Crippen molar-refractivity contribution in [3.63, 3.8) is 0 Å². The van der Waals surface area contributed by atoms with Gasteiger partial charge >= 0.3 is 6.18 Å². The van der Waals surface area contributed by atoms with E-state index in [0.29, 0.717) is 54.5 Å². The van der Waals surface area contributed by atoms with Gasteiger partial charge in [-0.2, -0.15) is 18.2 Å². The zero-order chi connectivity index (χ0) is 23.9. The van der Waals surface area contributed by atoms with Crippen molar-refractivity contribution in [2.45, 2.75) is 6.18 Å². The molecule has 10 heteroatoms. The van der Waals surface area contributed by atoms with E-state index >= 15 is 0 Å². The summed E-state index contributed by atoms with van der Waals surface area (Å²) in [5, 5.41) is 0. The monoisotopic (exact) mass is 472 g/mol. The van der Waals surface area contributed by atoms with Gasteiger partial charge in [-0.15, -0.1) is 0 Å². The summed E-state index contributed by atoms with van der Waals surface area (Å²) >= 11 is 0. The first-order chi connectivity index (χ1) is 16.3. The lowest BCUT2D eigenvalue weighted by atomic mass is 10.1. The van der Waals surface area contributed by atoms with Crippen LogP contribution in [0.15, 0.2) is 70.8 Å². The third kappa shape index (κ3) is 4.23. The van der Waals surface area contributed by atoms with Gasteiger partial charge in [0.2, 0.25) is 0 Å². The molecule has 1 aromatic heterocycles. The number of aromatic nitrogens is 1. The van der Waals surface area contributed by atoms with Crippen LogP contribution in [0.5, 0.6) is 0 Å². The number of alkyl halides is 3. The molecule has 5 rings (SSSR count). The summed E-state index contributed by atoms with van der Waals surface area (Å²) in [4.78, 5) is 22.7. The Kier molecular flexibility index (Phi) is 5.51. The Hall–Kier alpha value is -3.82. The van der Waals surface area contributed by atoms with Gasteiger partial charge in [0.25, 0.3) is 11.9 Å². The van der Waals surface area contributed by atoms with E-state index in [1.54, 1.807) is 35.2 Å². The van der Waals surface area contributed by atoms with E-state index in [0.717, 1.165) is 12.3 Å². The predicted octanol–water partition coefficient (Wildman–Crippen LogP) is 4.75. The number of piperazine rings is 1. The molecule has 0 radical (unpaired) electrons. The summed E-state index contributed by atoms with van der Waals surface area (Å²) in [5.74, 6) is -0.669. The van der Waals surface area contributed by atoms with Gasteiger partial charge in [0.1, 0.15) is 11.3 Å². The number of halogens is 4. The number of fused-ring (bicyclic) bond motifs is 1. The summed E-state index contributed by atoms with van der Waals surface area (Å²) in [7, 11) is 0. The average molecular weight is 472 g/mol. The van der Waals surface area contributed by atoms with Gasteiger partial charge in [-0.1, -0.05) is 24.3 Å². The van der Waals surface area contributed by atoms with Crippen molar-refractivity contribution in [2.24, 2.45) is 0 Å². The summed E-state index contributed by atoms with van der Waals surface area (Å²) in [6.07, 6.45) is -0.975. The molecule has 0 N–H and O–H groups in total. The van der Waals surface area contributed by atoms with Gasteiger partial charge < -0.3 is 19.1 Å². The van der Waals surface area contributed by atoms with E-state index in [4.69, 9.17) is 4.42 Å². The number of para-hydroxylation sites is 1. The van der Waals surface area contributed by atoms with Crippen molar-refractivity contribution in [3.8, 4) is 0 Å². The number of amides is 1. The highest BCUT2D eigenvalue weighted by molar-refractivity contribution is 6.00. The van der Waals surface area contributed by atoms with Crippen molar-refractivity contribution in [3.05, 3.63) is 77.8 Å². The molecule has 176 valence electrons. The zero-order valence-corrected chi connectivity index (χ0v) is 17.9. The predicted molar refractivity (Wildman–Crippen MR) is 119 cm³/mol. The van der Waals surface area contributed by atoms with Crippen LogP contribution in [0.4, 0.5) is 29.3 Å². The fraction of sp³-hybridized carbons (Fsp3) is 0.250. The quantitative estimate of drug-likeness (QED) is 0.515. The minimum atomic E-state index is -4.47. The summed E-state index contributed by atoms with van der Waals surface area (Å²) in [6.45, 7) is 1.89. The molecule has 1 amide bonds. The Morgan fingerprint density at radius 2 is 1.79 bits per heavy atom. The van der Waals surface area contributed by atoms with Crippen LogP contribution >= 0.6 is 0 Å². The van der Waals surface area contributed by atoms with Crippen LogP contribution in [-0.4, -0.2) is 54.7 Å². The van der Waals surface area contributed by atoms with E-state index < -0.39 is 17.6 Å². The van der Waals surface area contributed by atoms with Gasteiger partial charge in [0, 0.05) is 45.0 Å². The third-order valence-corrected chi connectivity index (χ3v) is 5.84. The van der Waals surface area contributed by atoms with Crippen molar-refractivity contribution >= 4 is 28.7 Å². The van der Waals surface area contributed by atoms with E-state index in [1.807, 2.05) is 4.90 Å². The molecular weight excluding hydrogens is 452 g/mol. The Labute approximate surface area is 192 Å². The average Bonchev–Trinajstić information content (AvgIpc) is 3.26. The van der Waals surface area contributed by atoms with Gasteiger partial charge in [0.05, 0.1) is 16.8 Å². The third-order valence-electron chi connectivity index (χ3n) is 5.84. The number of benzene rings is 2. The van der Waals surface area contributed by atoms with Gasteiger partial charge in [0.15, 0.2) is 5.58 Å². The summed E-state index contributed by atoms with van der Waals surface area (Å²) in [5.41, 5.74) is 0.881. The number of anilines is 2. The molecule has 1 saturated heterocycles. The Morgan fingerprint density at radius 1 is 1.03 bits per heavy atom. The Morgan fingerprint density at radius 3 is 2.56 bits per heavy atom. The first-order valence-electron chi connectivity index (χ1n) is 10.7. The molecule has 0 saturated carbocycles. The number of carbonyl (C=O) groups is 1. The lowest BCUT2D eigenvalue weighted by Crippen LogP contribution is -2.49. The molecule has 0 unspecified atom stereocenters. The minimum Gasteiger partial charge on any atom is -0.423 e. The smallest absolute Gasteiger partial charge is 0.417 e. The number of hydrogen-bond donors (Lipinski definition) is 0. The maximum absolute atomic E-state index is 13.4. The van der Waals surface area contributed by atoms with Crippen LogP contribution < -0.4 is 9.80 Å². The fourth-order valence-corrected chi connectivity index (χ4v) is 4.09. The number of oxazole rings is 1. The molecule has 0 spiro atoms. The SMILES string of the molecule is O=C(c1ccccc1N1C=C(C(F)(F)F)C=CC1)N1CCN(c2nc3ccc(F)cc3o2)CC1. The Bertz CT molecular complexity index is 1290. The molecule has 3 aromatic rings. The van der Waals surface area contributed by atoms with E-state index in [2.05, 4.69) is 4.98 Å². The Balaban J connectivity index is 1.31. The van der Waals surface area contributed by atoms with Crippen LogP contribution in [0.1, 0.15) is 10.4 Å². The van der Waals surface area contributed by atoms with Crippen molar-refractivity contribution in [2.75, 3.05) is 42.5 Å². The number of allylic oxidation sites excluding steroid dienone is 2. The second kappa shape index (κ2) is 8.51. The first kappa shape index (κ1) is 22.0. The number of rotatable bonds is 3. The summed E-state index contributed by atoms with van der Waals surface area (Å²) in [6, 6.07) is 11.1. The minimum absolute atomic E-state index is 0.232. The standard InChI is InChI=1S/C24H20F4N4O2/c25-17-7-8-19-21(14-17)34-23(29-19)31-12-10-30(11-13-31)22(33)18-5-1-2-6-20(18)32-9-3-4-16(15-32)24(26,27)28/h1-8,14-15H,9-13H2. The molecule has 2 aliphatic heterocycles. The maximum Gasteiger partial charge on any atom is 0.417 e. The normalized spacial score (nSPS) is 16.8. The second-order valence-corrected chi connectivity index (χ2v) is 8.04.